The van der Waals surface area contributed by atoms with E-state index in [4.69, 9.17) is 20.9 Å². The number of nitrogens with zero attached hydrogens (tertiary/aromatic N) is 2. The smallest absolute Gasteiger partial charge is 0.256 e. The van der Waals surface area contributed by atoms with Crippen LogP contribution < -0.4 is 5.32 Å². The van der Waals surface area contributed by atoms with Crippen LogP contribution in [0.3, 0.4) is 0 Å². The number of methoxy groups -OCH3 is 1. The van der Waals surface area contributed by atoms with Gasteiger partial charge in [-0.25, -0.2) is 0 Å². The Morgan fingerprint density at radius 3 is 2.79 bits per heavy atom. The first-order chi connectivity index (χ1) is 13.4. The van der Waals surface area contributed by atoms with Crippen molar-refractivity contribution in [2.75, 3.05) is 25.5 Å². The van der Waals surface area contributed by atoms with Crippen LogP contribution in [-0.4, -0.2) is 48.2 Å². The van der Waals surface area contributed by atoms with Crippen LogP contribution in [0.15, 0.2) is 28.8 Å². The first-order valence-corrected chi connectivity index (χ1v) is 9.62. The third-order valence-corrected chi connectivity index (χ3v) is 5.15. The molecule has 2 atom stereocenters. The number of hydrogen-bond acceptors (Lipinski definition) is 5. The minimum absolute atomic E-state index is 0.0993. The number of benzene rings is 1. The lowest BCUT2D eigenvalue weighted by atomic mass is 10.0. The van der Waals surface area contributed by atoms with E-state index in [-0.39, 0.29) is 23.8 Å². The van der Waals surface area contributed by atoms with Gasteiger partial charge in [-0.05, 0) is 25.1 Å². The zero-order valence-electron chi connectivity index (χ0n) is 16.2. The lowest BCUT2D eigenvalue weighted by molar-refractivity contribution is -0.115. The molecule has 2 aromatic rings. The Kier molecular flexibility index (Phi) is 6.36. The molecule has 28 heavy (non-hydrogen) atoms. The van der Waals surface area contributed by atoms with Gasteiger partial charge in [0, 0.05) is 50.0 Å². The first kappa shape index (κ1) is 20.4. The predicted octanol–water partition coefficient (Wildman–Crippen LogP) is 3.31. The number of hydrogen-bond donors (Lipinski definition) is 1. The number of ether oxygens (including phenoxy) is 1. The predicted molar refractivity (Wildman–Crippen MR) is 106 cm³/mol. The van der Waals surface area contributed by atoms with E-state index < -0.39 is 0 Å². The number of carbonyl (C=O) groups excluding carboxylic acids is 2. The van der Waals surface area contributed by atoms with E-state index in [1.807, 2.05) is 13.0 Å². The van der Waals surface area contributed by atoms with Gasteiger partial charge in [-0.15, -0.1) is 0 Å². The Balaban J connectivity index is 1.78. The zero-order chi connectivity index (χ0) is 20.3. The average molecular weight is 406 g/mol. The molecule has 1 fully saturated rings. The van der Waals surface area contributed by atoms with Gasteiger partial charge in [0.2, 0.25) is 5.91 Å². The highest BCUT2D eigenvalue weighted by Gasteiger charge is 2.37. The van der Waals surface area contributed by atoms with Gasteiger partial charge in [0.25, 0.3) is 5.91 Å². The summed E-state index contributed by atoms with van der Waals surface area (Å²) in [6.07, 6.45) is 0.854. The van der Waals surface area contributed by atoms with Crippen molar-refractivity contribution < 1.29 is 18.8 Å². The van der Waals surface area contributed by atoms with Gasteiger partial charge >= 0.3 is 0 Å². The van der Waals surface area contributed by atoms with E-state index in [0.717, 1.165) is 11.5 Å². The molecule has 0 saturated carbocycles. The number of amides is 2. The minimum Gasteiger partial charge on any atom is -0.379 e. The summed E-state index contributed by atoms with van der Waals surface area (Å²) in [5.74, 6) is 0.538. The van der Waals surface area contributed by atoms with Gasteiger partial charge in [0.15, 0.2) is 0 Å². The van der Waals surface area contributed by atoms with E-state index in [2.05, 4.69) is 10.5 Å². The van der Waals surface area contributed by atoms with Crippen LogP contribution in [0.5, 0.6) is 0 Å². The maximum Gasteiger partial charge on any atom is 0.256 e. The Labute approximate surface area is 169 Å². The van der Waals surface area contributed by atoms with Gasteiger partial charge in [-0.2, -0.15) is 0 Å². The average Bonchev–Trinajstić information content (AvgIpc) is 3.27. The Bertz CT molecular complexity index is 867. The highest BCUT2D eigenvalue weighted by Crippen LogP contribution is 2.28. The van der Waals surface area contributed by atoms with Crippen LogP contribution in [0.2, 0.25) is 5.02 Å². The number of rotatable bonds is 6. The van der Waals surface area contributed by atoms with Gasteiger partial charge in [0.05, 0.1) is 23.0 Å². The molecule has 7 nitrogen and oxygen atoms in total. The summed E-state index contributed by atoms with van der Waals surface area (Å²) in [6, 6.07) is 6.79. The molecule has 0 radical (unpaired) electrons. The fourth-order valence-corrected chi connectivity index (χ4v) is 3.63. The lowest BCUT2D eigenvalue weighted by Gasteiger charge is -2.19. The summed E-state index contributed by atoms with van der Waals surface area (Å²) in [6.45, 7) is 4.62. The van der Waals surface area contributed by atoms with Gasteiger partial charge in [-0.1, -0.05) is 23.7 Å². The second-order valence-corrected chi connectivity index (χ2v) is 7.41. The summed E-state index contributed by atoms with van der Waals surface area (Å²) in [5, 5.41) is 7.13. The molecule has 8 heteroatoms. The van der Waals surface area contributed by atoms with Crippen molar-refractivity contribution in [3.05, 3.63) is 46.3 Å². The Morgan fingerprint density at radius 2 is 2.14 bits per heavy atom. The fourth-order valence-electron chi connectivity index (χ4n) is 3.46. The monoisotopic (exact) mass is 405 g/mol. The van der Waals surface area contributed by atoms with Crippen LogP contribution in [-0.2, 0) is 16.0 Å². The molecule has 0 spiro atoms. The quantitative estimate of drug-likeness (QED) is 0.796. The van der Waals surface area contributed by atoms with Crippen LogP contribution in [0, 0.1) is 12.8 Å². The van der Waals surface area contributed by atoms with Crippen LogP contribution in [0.4, 0.5) is 5.69 Å². The van der Waals surface area contributed by atoms with E-state index in [9.17, 15) is 9.59 Å². The molecular formula is C20H24ClN3O4. The van der Waals surface area contributed by atoms with Crippen LogP contribution >= 0.6 is 11.6 Å². The Morgan fingerprint density at radius 1 is 1.36 bits per heavy atom. The molecule has 1 saturated heterocycles. The standard InChI is InChI=1S/C20H24ClN3O4/c1-4-19(25)22-17-9-14(21)5-6-16(17)20(26)24-10-13(18(11-24)27-3)8-15-7-12(2)23-28-15/h5-7,9,13,18H,4,8,10-11H2,1-3H3,(H,22,25)/t13-,18+/m1/s1. The molecule has 3 rings (SSSR count). The number of carbonyl (C=O) groups is 2. The zero-order valence-corrected chi connectivity index (χ0v) is 17.0. The summed E-state index contributed by atoms with van der Waals surface area (Å²) >= 11 is 6.06. The molecular weight excluding hydrogens is 382 g/mol. The number of nitrogens with one attached hydrogen (secondary N) is 1. The number of aromatic nitrogens is 1. The first-order valence-electron chi connectivity index (χ1n) is 9.25. The van der Waals surface area contributed by atoms with Gasteiger partial charge in [0.1, 0.15) is 5.76 Å². The molecule has 0 unspecified atom stereocenters. The molecule has 1 N–H and O–H groups in total. The van der Waals surface area contributed by atoms with Crippen molar-refractivity contribution in [1.29, 1.82) is 0 Å². The largest absolute Gasteiger partial charge is 0.379 e. The van der Waals surface area contributed by atoms with E-state index in [0.29, 0.717) is 42.2 Å². The topological polar surface area (TPSA) is 84.7 Å². The normalized spacial score (nSPS) is 19.1. The van der Waals surface area contributed by atoms with E-state index in [1.54, 1.807) is 37.1 Å². The summed E-state index contributed by atoms with van der Waals surface area (Å²) in [7, 11) is 1.65. The summed E-state index contributed by atoms with van der Waals surface area (Å²) < 4.78 is 10.9. The third kappa shape index (κ3) is 4.54. The molecule has 1 aliphatic heterocycles. The van der Waals surface area contributed by atoms with Crippen molar-refractivity contribution in [2.45, 2.75) is 32.8 Å². The second kappa shape index (κ2) is 8.75. The van der Waals surface area contributed by atoms with Crippen LogP contribution in [0.25, 0.3) is 0 Å². The Hall–Kier alpha value is -2.38. The van der Waals surface area contributed by atoms with Crippen molar-refractivity contribution in [1.82, 2.24) is 10.1 Å². The molecule has 2 heterocycles. The van der Waals surface area contributed by atoms with Crippen LogP contribution in [0.1, 0.15) is 35.2 Å². The van der Waals surface area contributed by atoms with Gasteiger partial charge in [-0.3, -0.25) is 9.59 Å². The molecule has 0 aliphatic carbocycles. The maximum absolute atomic E-state index is 13.2. The molecule has 1 aromatic heterocycles. The maximum atomic E-state index is 13.2. The highest BCUT2D eigenvalue weighted by atomic mass is 35.5. The fraction of sp³-hybridized carbons (Fsp3) is 0.450. The molecule has 1 aliphatic rings. The molecule has 150 valence electrons. The lowest BCUT2D eigenvalue weighted by Crippen LogP contribution is -2.30. The third-order valence-electron chi connectivity index (χ3n) is 4.92. The summed E-state index contributed by atoms with van der Waals surface area (Å²) in [5.41, 5.74) is 1.66. The SMILES string of the molecule is CCC(=O)Nc1cc(Cl)ccc1C(=O)N1C[C@@H](Cc2cc(C)no2)[C@@H](OC)C1. The number of halogens is 1. The number of anilines is 1. The molecule has 0 bridgehead atoms. The second-order valence-electron chi connectivity index (χ2n) is 6.97. The molecule has 1 aromatic carbocycles. The van der Waals surface area contributed by atoms with Crippen molar-refractivity contribution in [3.63, 3.8) is 0 Å². The van der Waals surface area contributed by atoms with Crippen molar-refractivity contribution >= 4 is 29.1 Å². The van der Waals surface area contributed by atoms with Gasteiger partial charge < -0.3 is 19.5 Å². The van der Waals surface area contributed by atoms with Crippen molar-refractivity contribution in [3.8, 4) is 0 Å². The minimum atomic E-state index is -0.175. The van der Waals surface area contributed by atoms with Crippen molar-refractivity contribution in [2.24, 2.45) is 5.92 Å². The van der Waals surface area contributed by atoms with E-state index >= 15 is 0 Å². The van der Waals surface area contributed by atoms with E-state index in [1.165, 1.54) is 0 Å². The summed E-state index contributed by atoms with van der Waals surface area (Å²) in [4.78, 5) is 26.7. The number of likely N-dealkylation sites (tertiary alicyclic amines) is 1. The molecule has 2 amide bonds. The number of aryl methyl sites for hydroxylation is 1. The highest BCUT2D eigenvalue weighted by molar-refractivity contribution is 6.31.